The minimum absolute atomic E-state index is 0.0777. The zero-order valence-electron chi connectivity index (χ0n) is 16.0. The van der Waals surface area contributed by atoms with Crippen molar-refractivity contribution in [2.24, 2.45) is 5.10 Å². The van der Waals surface area contributed by atoms with Gasteiger partial charge >= 0.3 is 0 Å². The third-order valence-corrected chi connectivity index (χ3v) is 5.17. The predicted molar refractivity (Wildman–Crippen MR) is 110 cm³/mol. The average Bonchev–Trinajstić information content (AvgIpc) is 2.90. The van der Waals surface area contributed by atoms with Gasteiger partial charge in [0.05, 0.1) is 5.70 Å². The van der Waals surface area contributed by atoms with Gasteiger partial charge in [-0.05, 0) is 34.6 Å². The molecule has 140 valence electrons. The molecule has 26 heavy (non-hydrogen) atoms. The van der Waals surface area contributed by atoms with Gasteiger partial charge in [0.2, 0.25) is 0 Å². The lowest BCUT2D eigenvalue weighted by Gasteiger charge is -2.29. The number of phenols is 1. The van der Waals surface area contributed by atoms with Crippen LogP contribution in [0.3, 0.4) is 0 Å². The van der Waals surface area contributed by atoms with Gasteiger partial charge in [0.1, 0.15) is 17.1 Å². The summed E-state index contributed by atoms with van der Waals surface area (Å²) in [7, 11) is 0. The van der Waals surface area contributed by atoms with Crippen LogP contribution in [0.5, 0.6) is 5.75 Å². The lowest BCUT2D eigenvalue weighted by atomic mass is 9.79. The molecule has 0 amide bonds. The standard InChI is InChI=1S/C20H25Cl2N3O/c1-18(2,3)12-10-13(19(4,5)6)16(26)15(11-12)25-23-14-8-7-9-20(21,22)17(14)24-25/h7-11,23,26H,1-6H3. The molecule has 0 aromatic heterocycles. The first-order valence-corrected chi connectivity index (χ1v) is 9.38. The summed E-state index contributed by atoms with van der Waals surface area (Å²) >= 11 is 12.7. The van der Waals surface area contributed by atoms with Gasteiger partial charge in [-0.15, -0.1) is 0 Å². The molecule has 0 atom stereocenters. The van der Waals surface area contributed by atoms with Crippen LogP contribution in [0.25, 0.3) is 0 Å². The number of alkyl halides is 2. The van der Waals surface area contributed by atoms with Crippen LogP contribution in [0.4, 0.5) is 5.69 Å². The van der Waals surface area contributed by atoms with Crippen LogP contribution in [-0.4, -0.2) is 15.2 Å². The molecule has 2 N–H and O–H groups in total. The zero-order valence-corrected chi connectivity index (χ0v) is 17.5. The van der Waals surface area contributed by atoms with Gasteiger partial charge in [-0.25, -0.2) is 0 Å². The number of rotatable bonds is 1. The molecule has 0 bridgehead atoms. The van der Waals surface area contributed by atoms with Gasteiger partial charge in [-0.3, -0.25) is 5.43 Å². The van der Waals surface area contributed by atoms with Crippen LogP contribution < -0.4 is 10.5 Å². The third kappa shape index (κ3) is 3.33. The fourth-order valence-electron chi connectivity index (χ4n) is 2.95. The van der Waals surface area contributed by atoms with E-state index in [1.807, 2.05) is 12.1 Å². The molecule has 0 fully saturated rings. The lowest BCUT2D eigenvalue weighted by Crippen LogP contribution is -2.31. The number of halogens is 2. The molecule has 0 spiro atoms. The van der Waals surface area contributed by atoms with E-state index >= 15 is 0 Å². The van der Waals surface area contributed by atoms with Crippen molar-refractivity contribution >= 4 is 34.6 Å². The maximum absolute atomic E-state index is 11.0. The molecule has 0 saturated heterocycles. The van der Waals surface area contributed by atoms with Crippen molar-refractivity contribution in [3.63, 3.8) is 0 Å². The van der Waals surface area contributed by atoms with Crippen LogP contribution in [0, 0.1) is 0 Å². The second-order valence-corrected chi connectivity index (χ2v) is 10.2. The minimum atomic E-state index is -1.20. The largest absolute Gasteiger partial charge is 0.505 e. The number of fused-ring (bicyclic) bond motifs is 1. The zero-order chi connectivity index (χ0) is 19.5. The number of hydrogen-bond donors (Lipinski definition) is 2. The number of anilines is 1. The van der Waals surface area contributed by atoms with Crippen LogP contribution >= 0.6 is 23.2 Å². The quantitative estimate of drug-likeness (QED) is 0.636. The first kappa shape index (κ1) is 19.1. The molecule has 3 rings (SSSR count). The molecule has 1 aliphatic heterocycles. The Hall–Kier alpha value is -1.65. The maximum atomic E-state index is 11.0. The molecular weight excluding hydrogens is 369 g/mol. The molecule has 0 radical (unpaired) electrons. The van der Waals surface area contributed by atoms with Crippen LogP contribution in [0.2, 0.25) is 0 Å². The van der Waals surface area contributed by atoms with E-state index in [2.05, 4.69) is 58.1 Å². The summed E-state index contributed by atoms with van der Waals surface area (Å²) in [5, 5.41) is 17.1. The van der Waals surface area contributed by atoms with Crippen molar-refractivity contribution < 1.29 is 5.11 Å². The number of hydrazine groups is 1. The molecule has 1 aromatic carbocycles. The van der Waals surface area contributed by atoms with Gasteiger partial charge in [0, 0.05) is 5.56 Å². The van der Waals surface area contributed by atoms with Crippen LogP contribution in [-0.2, 0) is 10.8 Å². The topological polar surface area (TPSA) is 47.9 Å². The molecule has 1 aliphatic carbocycles. The van der Waals surface area contributed by atoms with Gasteiger partial charge in [0.15, 0.2) is 4.33 Å². The minimum Gasteiger partial charge on any atom is -0.505 e. The Morgan fingerprint density at radius 2 is 1.73 bits per heavy atom. The summed E-state index contributed by atoms with van der Waals surface area (Å²) in [5.41, 5.74) is 6.67. The highest BCUT2D eigenvalue weighted by Gasteiger charge is 2.39. The molecule has 1 aromatic rings. The highest BCUT2D eigenvalue weighted by atomic mass is 35.5. The Morgan fingerprint density at radius 3 is 2.27 bits per heavy atom. The van der Waals surface area contributed by atoms with Gasteiger partial charge in [-0.2, -0.15) is 10.2 Å². The van der Waals surface area contributed by atoms with Crippen molar-refractivity contribution in [3.8, 4) is 5.75 Å². The Kier molecular flexibility index (Phi) is 4.36. The van der Waals surface area contributed by atoms with Crippen LogP contribution in [0.15, 0.2) is 41.2 Å². The normalized spacial score (nSPS) is 19.0. The molecule has 1 heterocycles. The number of benzene rings is 1. The number of aromatic hydroxyl groups is 1. The fraction of sp³-hybridized carbons (Fsp3) is 0.450. The maximum Gasteiger partial charge on any atom is 0.182 e. The Balaban J connectivity index is 2.16. The summed E-state index contributed by atoms with van der Waals surface area (Å²) in [6, 6.07) is 4.03. The number of phenolic OH excluding ortho intramolecular Hbond substituents is 1. The summed E-state index contributed by atoms with van der Waals surface area (Å²) in [4.78, 5) is 0. The smallest absolute Gasteiger partial charge is 0.182 e. The van der Waals surface area contributed by atoms with Crippen LogP contribution in [0.1, 0.15) is 52.7 Å². The summed E-state index contributed by atoms with van der Waals surface area (Å²) < 4.78 is -1.20. The third-order valence-electron chi connectivity index (χ3n) is 4.56. The highest BCUT2D eigenvalue weighted by Crippen LogP contribution is 2.43. The summed E-state index contributed by atoms with van der Waals surface area (Å²) in [5.74, 6) is 0.198. The lowest BCUT2D eigenvalue weighted by molar-refractivity contribution is 0.443. The Bertz CT molecular complexity index is 840. The Labute approximate surface area is 165 Å². The first-order chi connectivity index (χ1) is 11.8. The van der Waals surface area contributed by atoms with E-state index in [0.29, 0.717) is 11.4 Å². The number of allylic oxidation sites excluding steroid dienone is 4. The van der Waals surface area contributed by atoms with Crippen molar-refractivity contribution in [1.29, 1.82) is 0 Å². The Morgan fingerprint density at radius 1 is 1.08 bits per heavy atom. The van der Waals surface area contributed by atoms with Gasteiger partial charge in [-0.1, -0.05) is 76.9 Å². The van der Waals surface area contributed by atoms with E-state index in [-0.39, 0.29) is 16.6 Å². The number of hydrazone groups is 1. The molecule has 6 heteroatoms. The van der Waals surface area contributed by atoms with E-state index < -0.39 is 4.33 Å². The average molecular weight is 394 g/mol. The molecular formula is C20H25Cl2N3O. The number of hydrogen-bond acceptors (Lipinski definition) is 4. The molecule has 4 nitrogen and oxygen atoms in total. The molecule has 0 unspecified atom stereocenters. The second kappa shape index (κ2) is 5.93. The predicted octanol–water partition coefficient (Wildman–Crippen LogP) is 5.30. The fourth-order valence-corrected chi connectivity index (χ4v) is 3.38. The van der Waals surface area contributed by atoms with Crippen molar-refractivity contribution in [2.45, 2.75) is 56.7 Å². The van der Waals surface area contributed by atoms with E-state index in [9.17, 15) is 5.11 Å². The van der Waals surface area contributed by atoms with Crippen molar-refractivity contribution in [1.82, 2.24) is 5.43 Å². The van der Waals surface area contributed by atoms with E-state index in [4.69, 9.17) is 23.2 Å². The summed E-state index contributed by atoms with van der Waals surface area (Å²) in [6.07, 6.45) is 5.32. The van der Waals surface area contributed by atoms with Gasteiger partial charge < -0.3 is 5.11 Å². The van der Waals surface area contributed by atoms with E-state index in [1.165, 1.54) is 0 Å². The monoisotopic (exact) mass is 393 g/mol. The first-order valence-electron chi connectivity index (χ1n) is 8.62. The van der Waals surface area contributed by atoms with E-state index in [0.717, 1.165) is 16.8 Å². The molecule has 2 aliphatic rings. The number of nitrogens with zero attached hydrogens (tertiary/aromatic N) is 2. The van der Waals surface area contributed by atoms with Crippen molar-refractivity contribution in [2.75, 3.05) is 5.12 Å². The SMILES string of the molecule is CC(C)(C)c1cc(N2N=C3C(=CC=CC3(Cl)Cl)N2)c(O)c(C(C)(C)C)c1. The van der Waals surface area contributed by atoms with Gasteiger partial charge in [0.25, 0.3) is 0 Å². The van der Waals surface area contributed by atoms with Crippen molar-refractivity contribution in [3.05, 3.63) is 47.2 Å². The van der Waals surface area contributed by atoms with E-state index in [1.54, 1.807) is 17.3 Å². The highest BCUT2D eigenvalue weighted by molar-refractivity contribution is 6.62. The number of nitrogens with one attached hydrogen (secondary N) is 1. The summed E-state index contributed by atoms with van der Waals surface area (Å²) in [6.45, 7) is 12.7. The molecule has 0 saturated carbocycles. The second-order valence-electron chi connectivity index (χ2n) is 8.83.